The summed E-state index contributed by atoms with van der Waals surface area (Å²) in [6.45, 7) is -0.169. The van der Waals surface area contributed by atoms with Crippen LogP contribution in [0.1, 0.15) is 16.8 Å². The molecule has 1 aromatic carbocycles. The molecule has 1 aliphatic rings. The Morgan fingerprint density at radius 3 is 2.91 bits per heavy atom. The molecule has 116 valence electrons. The molecule has 0 unspecified atom stereocenters. The van der Waals surface area contributed by atoms with Crippen LogP contribution < -0.4 is 0 Å². The lowest BCUT2D eigenvalue weighted by Crippen LogP contribution is -2.48. The number of imidazole rings is 1. The first-order valence-electron chi connectivity index (χ1n) is 6.86. The molecule has 0 fully saturated rings. The number of carbonyl (C=O) groups is 1. The molecule has 0 spiro atoms. The zero-order valence-corrected chi connectivity index (χ0v) is 12.0. The number of alkyl halides is 2. The number of rotatable bonds is 2. The zero-order valence-electron chi connectivity index (χ0n) is 12.0. The number of carbonyl (C=O) groups excluding carboxylic acids is 1. The van der Waals surface area contributed by atoms with Crippen molar-refractivity contribution in [1.29, 1.82) is 0 Å². The molecule has 0 saturated carbocycles. The summed E-state index contributed by atoms with van der Waals surface area (Å²) in [5.74, 6) is 0. The van der Waals surface area contributed by atoms with E-state index in [0.29, 0.717) is 22.6 Å². The average molecular weight is 307 g/mol. The van der Waals surface area contributed by atoms with Crippen molar-refractivity contribution in [2.24, 2.45) is 7.05 Å². The predicted octanol–water partition coefficient (Wildman–Crippen LogP) is 2.66. The number of benzene rings is 1. The minimum Gasteiger partial charge on any atom is -0.443 e. The van der Waals surface area contributed by atoms with Crippen LogP contribution in [0.4, 0.5) is 13.6 Å². The number of hydrogen-bond acceptors (Lipinski definition) is 3. The summed E-state index contributed by atoms with van der Waals surface area (Å²) in [4.78, 5) is 16.4. The third-order valence-corrected chi connectivity index (χ3v) is 3.77. The largest absolute Gasteiger partial charge is 0.443 e. The normalized spacial score (nSPS) is 16.2. The van der Waals surface area contributed by atoms with Crippen LogP contribution in [0.15, 0.2) is 36.8 Å². The molecule has 22 heavy (non-hydrogen) atoms. The van der Waals surface area contributed by atoms with E-state index in [2.05, 4.69) is 4.98 Å². The number of aryl methyl sites for hydroxylation is 1. The second kappa shape index (κ2) is 5.40. The van der Waals surface area contributed by atoms with E-state index in [-0.39, 0.29) is 18.7 Å². The minimum absolute atomic E-state index is 0.0752. The van der Waals surface area contributed by atoms with Crippen molar-refractivity contribution in [2.45, 2.75) is 19.1 Å². The molecule has 3 rings (SSSR count). The van der Waals surface area contributed by atoms with Gasteiger partial charge in [0.25, 0.3) is 0 Å². The Kier molecular flexibility index (Phi) is 3.56. The van der Waals surface area contributed by atoms with Crippen LogP contribution in [-0.2, 0) is 30.9 Å². The molecule has 5 nitrogen and oxygen atoms in total. The van der Waals surface area contributed by atoms with Gasteiger partial charge in [-0.1, -0.05) is 24.3 Å². The van der Waals surface area contributed by atoms with Crippen molar-refractivity contribution < 1.29 is 18.3 Å². The highest BCUT2D eigenvalue weighted by molar-refractivity contribution is 5.69. The van der Waals surface area contributed by atoms with E-state index in [0.717, 1.165) is 0 Å². The number of halogens is 2. The Labute approximate surface area is 126 Å². The van der Waals surface area contributed by atoms with Gasteiger partial charge in [-0.3, -0.25) is 0 Å². The maximum absolute atomic E-state index is 14.5. The summed E-state index contributed by atoms with van der Waals surface area (Å²) in [7, 11) is 1.74. The molecule has 0 saturated heterocycles. The van der Waals surface area contributed by atoms with Crippen molar-refractivity contribution in [1.82, 2.24) is 14.5 Å². The van der Waals surface area contributed by atoms with Crippen LogP contribution in [-0.4, -0.2) is 27.1 Å². The first-order chi connectivity index (χ1) is 10.5. The molecular weight excluding hydrogens is 292 g/mol. The van der Waals surface area contributed by atoms with Crippen LogP contribution in [0.2, 0.25) is 0 Å². The molecule has 1 amide bonds. The van der Waals surface area contributed by atoms with Crippen molar-refractivity contribution in [3.8, 4) is 0 Å². The summed E-state index contributed by atoms with van der Waals surface area (Å²) in [5, 5.41) is 0. The van der Waals surface area contributed by atoms with E-state index in [4.69, 9.17) is 4.74 Å². The number of amides is 1. The fourth-order valence-corrected chi connectivity index (χ4v) is 2.49. The van der Waals surface area contributed by atoms with Crippen LogP contribution >= 0.6 is 0 Å². The van der Waals surface area contributed by atoms with Gasteiger partial charge in [-0.15, -0.1) is 0 Å². The number of fused-ring (bicyclic) bond motifs is 1. The predicted molar refractivity (Wildman–Crippen MR) is 74.1 cm³/mol. The highest BCUT2D eigenvalue weighted by Gasteiger charge is 2.47. The third kappa shape index (κ3) is 2.43. The van der Waals surface area contributed by atoms with Gasteiger partial charge in [0.15, 0.2) is 0 Å². The molecule has 0 aliphatic carbocycles. The molecule has 2 aromatic rings. The number of hydrogen-bond donors (Lipinski definition) is 0. The second-order valence-electron chi connectivity index (χ2n) is 5.15. The number of nitrogens with zero attached hydrogens (tertiary/aromatic N) is 3. The second-order valence-corrected chi connectivity index (χ2v) is 5.15. The van der Waals surface area contributed by atoms with Crippen LogP contribution in [0.3, 0.4) is 0 Å². The zero-order chi connectivity index (χ0) is 15.7. The SMILES string of the molecule is Cn1cncc1COC(=O)N1CCc2ccccc2C1(F)F. The smallest absolute Gasteiger partial charge is 0.415 e. The van der Waals surface area contributed by atoms with E-state index >= 15 is 0 Å². The molecule has 0 bridgehead atoms. The van der Waals surface area contributed by atoms with Crippen LogP contribution in [0.5, 0.6) is 0 Å². The molecular formula is C15H15F2N3O2. The molecule has 1 aromatic heterocycles. The van der Waals surface area contributed by atoms with Crippen molar-refractivity contribution in [2.75, 3.05) is 6.54 Å². The van der Waals surface area contributed by atoms with Crippen molar-refractivity contribution in [3.05, 3.63) is 53.6 Å². The maximum Gasteiger partial charge on any atom is 0.415 e. The summed E-state index contributed by atoms with van der Waals surface area (Å²) < 4.78 is 35.6. The van der Waals surface area contributed by atoms with E-state index in [9.17, 15) is 13.6 Å². The van der Waals surface area contributed by atoms with E-state index < -0.39 is 12.1 Å². The highest BCUT2D eigenvalue weighted by Crippen LogP contribution is 2.38. The Bertz CT molecular complexity index is 700. The monoisotopic (exact) mass is 307 g/mol. The lowest BCUT2D eigenvalue weighted by molar-refractivity contribution is -0.146. The van der Waals surface area contributed by atoms with E-state index in [1.54, 1.807) is 30.1 Å². The van der Waals surface area contributed by atoms with Gasteiger partial charge in [-0.05, 0) is 12.0 Å². The Morgan fingerprint density at radius 1 is 1.41 bits per heavy atom. The van der Waals surface area contributed by atoms with Crippen molar-refractivity contribution in [3.63, 3.8) is 0 Å². The van der Waals surface area contributed by atoms with E-state index in [1.165, 1.54) is 18.3 Å². The lowest BCUT2D eigenvalue weighted by atomic mass is 9.98. The molecule has 7 heteroatoms. The quantitative estimate of drug-likeness (QED) is 0.801. The summed E-state index contributed by atoms with van der Waals surface area (Å²) in [6.07, 6.45) is 2.43. The first-order valence-corrected chi connectivity index (χ1v) is 6.86. The van der Waals surface area contributed by atoms with Gasteiger partial charge in [-0.25, -0.2) is 14.7 Å². The van der Waals surface area contributed by atoms with Gasteiger partial charge in [0.2, 0.25) is 0 Å². The Morgan fingerprint density at radius 2 is 2.18 bits per heavy atom. The lowest BCUT2D eigenvalue weighted by Gasteiger charge is -2.35. The van der Waals surface area contributed by atoms with Gasteiger partial charge >= 0.3 is 12.1 Å². The molecule has 0 atom stereocenters. The van der Waals surface area contributed by atoms with E-state index in [1.807, 2.05) is 0 Å². The fourth-order valence-electron chi connectivity index (χ4n) is 2.49. The van der Waals surface area contributed by atoms with Gasteiger partial charge < -0.3 is 9.30 Å². The summed E-state index contributed by atoms with van der Waals surface area (Å²) in [5.41, 5.74) is 1.05. The first kappa shape index (κ1) is 14.5. The number of aromatic nitrogens is 2. The molecule has 1 aliphatic heterocycles. The van der Waals surface area contributed by atoms with Gasteiger partial charge in [-0.2, -0.15) is 8.78 Å². The fraction of sp³-hybridized carbons (Fsp3) is 0.333. The minimum atomic E-state index is -3.36. The Hall–Kier alpha value is -2.44. The molecule has 0 radical (unpaired) electrons. The third-order valence-electron chi connectivity index (χ3n) is 3.77. The van der Waals surface area contributed by atoms with Crippen LogP contribution in [0.25, 0.3) is 0 Å². The van der Waals surface area contributed by atoms with Crippen LogP contribution in [0, 0.1) is 0 Å². The summed E-state index contributed by atoms with van der Waals surface area (Å²) >= 11 is 0. The highest BCUT2D eigenvalue weighted by atomic mass is 19.3. The standard InChI is InChI=1S/C15H15F2N3O2/c1-19-10-18-8-12(19)9-22-14(21)20-7-6-11-4-2-3-5-13(11)15(20,16)17/h2-5,8,10H,6-7,9H2,1H3. The van der Waals surface area contributed by atoms with Gasteiger partial charge in [0, 0.05) is 19.2 Å². The number of ether oxygens (including phenoxy) is 1. The summed E-state index contributed by atoms with van der Waals surface area (Å²) in [6, 6.07) is 2.89. The maximum atomic E-state index is 14.5. The topological polar surface area (TPSA) is 47.4 Å². The van der Waals surface area contributed by atoms with Gasteiger partial charge in [0.1, 0.15) is 6.61 Å². The molecule has 2 heterocycles. The average Bonchev–Trinajstić information content (AvgIpc) is 2.90. The molecule has 0 N–H and O–H groups in total. The van der Waals surface area contributed by atoms with Gasteiger partial charge in [0.05, 0.1) is 18.2 Å². The Balaban J connectivity index is 1.75. The van der Waals surface area contributed by atoms with Crippen molar-refractivity contribution >= 4 is 6.09 Å².